The van der Waals surface area contributed by atoms with Crippen LogP contribution >= 0.6 is 0 Å². The van der Waals surface area contributed by atoms with Crippen LogP contribution in [-0.2, 0) is 0 Å². The van der Waals surface area contributed by atoms with Crippen molar-refractivity contribution < 1.29 is 4.74 Å². The molecule has 0 saturated carbocycles. The highest BCUT2D eigenvalue weighted by Crippen LogP contribution is 2.32. The van der Waals surface area contributed by atoms with Crippen LogP contribution in [0, 0.1) is 0 Å². The Morgan fingerprint density at radius 2 is 2.00 bits per heavy atom. The van der Waals surface area contributed by atoms with Crippen molar-refractivity contribution in [2.45, 2.75) is 0 Å². The van der Waals surface area contributed by atoms with Gasteiger partial charge in [-0.2, -0.15) is 10.1 Å². The minimum atomic E-state index is 0.520. The fraction of sp³-hybridized carbons (Fsp3) is 0.353. The van der Waals surface area contributed by atoms with Gasteiger partial charge in [0.05, 0.1) is 24.4 Å². The summed E-state index contributed by atoms with van der Waals surface area (Å²) in [4.78, 5) is 13.4. The second-order valence-corrected chi connectivity index (χ2v) is 6.17. The molecule has 0 bridgehead atoms. The third kappa shape index (κ3) is 3.20. The summed E-state index contributed by atoms with van der Waals surface area (Å²) in [5.41, 5.74) is 2.71. The first-order chi connectivity index (χ1) is 12.2. The molecular formula is C17H21N7O. The number of likely N-dealkylation sites (N-methyl/N-ethyl adjacent to an activating group) is 1. The van der Waals surface area contributed by atoms with Crippen LogP contribution in [0.15, 0.2) is 30.6 Å². The number of rotatable bonds is 4. The molecule has 3 aromatic rings. The molecule has 0 atom stereocenters. The molecule has 8 nitrogen and oxygen atoms in total. The number of methoxy groups -OCH3 is 1. The van der Waals surface area contributed by atoms with Crippen LogP contribution in [0.3, 0.4) is 0 Å². The fourth-order valence-corrected chi connectivity index (χ4v) is 2.99. The molecule has 1 saturated heterocycles. The van der Waals surface area contributed by atoms with Crippen molar-refractivity contribution in [2.24, 2.45) is 0 Å². The molecule has 0 radical (unpaired) electrons. The number of aromatic amines is 1. The van der Waals surface area contributed by atoms with E-state index in [2.05, 4.69) is 48.4 Å². The van der Waals surface area contributed by atoms with Crippen molar-refractivity contribution in [3.05, 3.63) is 30.6 Å². The molecule has 1 aliphatic heterocycles. The lowest BCUT2D eigenvalue weighted by Crippen LogP contribution is -2.44. The van der Waals surface area contributed by atoms with Gasteiger partial charge >= 0.3 is 0 Å². The molecule has 3 heterocycles. The van der Waals surface area contributed by atoms with Gasteiger partial charge in [0.25, 0.3) is 0 Å². The summed E-state index contributed by atoms with van der Waals surface area (Å²) in [5.74, 6) is 1.36. The van der Waals surface area contributed by atoms with Crippen LogP contribution < -0.4 is 15.0 Å². The first-order valence-electron chi connectivity index (χ1n) is 8.27. The molecule has 0 unspecified atom stereocenters. The highest BCUT2D eigenvalue weighted by atomic mass is 16.5. The number of anilines is 3. The summed E-state index contributed by atoms with van der Waals surface area (Å²) in [6.07, 6.45) is 3.44. The molecule has 130 valence electrons. The Labute approximate surface area is 145 Å². The lowest BCUT2D eigenvalue weighted by atomic mass is 10.2. The van der Waals surface area contributed by atoms with Crippen molar-refractivity contribution in [1.82, 2.24) is 25.1 Å². The van der Waals surface area contributed by atoms with E-state index in [4.69, 9.17) is 4.74 Å². The zero-order valence-electron chi connectivity index (χ0n) is 14.4. The minimum Gasteiger partial charge on any atom is -0.495 e. The van der Waals surface area contributed by atoms with Crippen LogP contribution in [0.4, 0.5) is 17.3 Å². The predicted molar refractivity (Wildman–Crippen MR) is 97.7 cm³/mol. The third-order valence-electron chi connectivity index (χ3n) is 4.47. The molecule has 0 aliphatic carbocycles. The van der Waals surface area contributed by atoms with Gasteiger partial charge in [0.2, 0.25) is 5.95 Å². The van der Waals surface area contributed by atoms with Crippen LogP contribution in [0.1, 0.15) is 0 Å². The minimum absolute atomic E-state index is 0.520. The maximum atomic E-state index is 5.61. The van der Waals surface area contributed by atoms with Gasteiger partial charge in [-0.05, 0) is 19.2 Å². The molecule has 1 aliphatic rings. The first-order valence-corrected chi connectivity index (χ1v) is 8.27. The average molecular weight is 339 g/mol. The SMILES string of the molecule is COc1cc(Nc2ncc3cn[nH]c3n2)ccc1N1CCN(C)CC1. The van der Waals surface area contributed by atoms with Gasteiger partial charge in [-0.25, -0.2) is 4.98 Å². The zero-order chi connectivity index (χ0) is 17.2. The maximum Gasteiger partial charge on any atom is 0.229 e. The van der Waals surface area contributed by atoms with Crippen molar-refractivity contribution >= 4 is 28.4 Å². The number of hydrogen-bond donors (Lipinski definition) is 2. The Morgan fingerprint density at radius 1 is 1.16 bits per heavy atom. The summed E-state index contributed by atoms with van der Waals surface area (Å²) in [6.45, 7) is 4.11. The van der Waals surface area contributed by atoms with Crippen molar-refractivity contribution in [3.8, 4) is 5.75 Å². The van der Waals surface area contributed by atoms with Gasteiger partial charge in [0, 0.05) is 44.1 Å². The summed E-state index contributed by atoms with van der Waals surface area (Å²) < 4.78 is 5.61. The normalized spacial score (nSPS) is 15.5. The van der Waals surface area contributed by atoms with Gasteiger partial charge in [-0.15, -0.1) is 0 Å². The van der Waals surface area contributed by atoms with Crippen LogP contribution in [0.2, 0.25) is 0 Å². The van der Waals surface area contributed by atoms with Crippen molar-refractivity contribution in [2.75, 3.05) is 50.6 Å². The molecule has 0 spiro atoms. The number of piperazine rings is 1. The lowest BCUT2D eigenvalue weighted by molar-refractivity contribution is 0.311. The largest absolute Gasteiger partial charge is 0.495 e. The zero-order valence-corrected chi connectivity index (χ0v) is 14.4. The first kappa shape index (κ1) is 15.6. The molecule has 1 fully saturated rings. The summed E-state index contributed by atoms with van der Waals surface area (Å²) in [6, 6.07) is 6.09. The second kappa shape index (κ2) is 6.56. The fourth-order valence-electron chi connectivity index (χ4n) is 2.99. The average Bonchev–Trinajstić information content (AvgIpc) is 3.10. The van der Waals surface area contributed by atoms with Crippen LogP contribution in [0.5, 0.6) is 5.75 Å². The molecule has 25 heavy (non-hydrogen) atoms. The molecule has 1 aromatic carbocycles. The van der Waals surface area contributed by atoms with E-state index in [0.717, 1.165) is 48.7 Å². The molecule has 8 heteroatoms. The van der Waals surface area contributed by atoms with Gasteiger partial charge < -0.3 is 19.9 Å². The van der Waals surface area contributed by atoms with E-state index in [1.807, 2.05) is 12.1 Å². The highest BCUT2D eigenvalue weighted by molar-refractivity contribution is 5.75. The van der Waals surface area contributed by atoms with Crippen molar-refractivity contribution in [3.63, 3.8) is 0 Å². The molecule has 4 rings (SSSR count). The predicted octanol–water partition coefficient (Wildman–Crippen LogP) is 1.86. The number of ether oxygens (including phenoxy) is 1. The molecular weight excluding hydrogens is 318 g/mol. The van der Waals surface area contributed by atoms with E-state index in [0.29, 0.717) is 11.6 Å². The third-order valence-corrected chi connectivity index (χ3v) is 4.47. The Balaban J connectivity index is 1.56. The van der Waals surface area contributed by atoms with Gasteiger partial charge in [-0.3, -0.25) is 5.10 Å². The Hall–Kier alpha value is -2.87. The Bertz CT molecular complexity index is 870. The standard InChI is InChI=1S/C17H21N7O/c1-23-5-7-24(8-6-23)14-4-3-13(9-15(14)25-2)20-17-18-10-12-11-19-22-16(12)21-17/h3-4,9-11H,5-8H2,1-2H3,(H2,18,19,20,21,22). The van der Waals surface area contributed by atoms with E-state index in [9.17, 15) is 0 Å². The van der Waals surface area contributed by atoms with E-state index in [-0.39, 0.29) is 0 Å². The highest BCUT2D eigenvalue weighted by Gasteiger charge is 2.18. The quantitative estimate of drug-likeness (QED) is 0.751. The molecule has 2 N–H and O–H groups in total. The number of nitrogens with zero attached hydrogens (tertiary/aromatic N) is 5. The summed E-state index contributed by atoms with van der Waals surface area (Å²) in [5, 5.41) is 10.9. The lowest BCUT2D eigenvalue weighted by Gasteiger charge is -2.34. The van der Waals surface area contributed by atoms with Gasteiger partial charge in [0.15, 0.2) is 5.65 Å². The van der Waals surface area contributed by atoms with E-state index < -0.39 is 0 Å². The van der Waals surface area contributed by atoms with E-state index >= 15 is 0 Å². The molecule has 0 amide bonds. The van der Waals surface area contributed by atoms with Gasteiger partial charge in [-0.1, -0.05) is 0 Å². The van der Waals surface area contributed by atoms with Crippen molar-refractivity contribution in [1.29, 1.82) is 0 Å². The van der Waals surface area contributed by atoms with E-state index in [1.165, 1.54) is 0 Å². The number of nitrogens with one attached hydrogen (secondary N) is 2. The number of fused-ring (bicyclic) bond motifs is 1. The summed E-state index contributed by atoms with van der Waals surface area (Å²) >= 11 is 0. The Morgan fingerprint density at radius 3 is 2.80 bits per heavy atom. The van der Waals surface area contributed by atoms with Crippen LogP contribution in [-0.4, -0.2) is 65.4 Å². The number of benzene rings is 1. The summed E-state index contributed by atoms with van der Waals surface area (Å²) in [7, 11) is 3.85. The molecule has 2 aromatic heterocycles. The number of H-pyrrole nitrogens is 1. The van der Waals surface area contributed by atoms with E-state index in [1.54, 1.807) is 19.5 Å². The van der Waals surface area contributed by atoms with Crippen LogP contribution in [0.25, 0.3) is 11.0 Å². The number of hydrogen-bond acceptors (Lipinski definition) is 7. The Kier molecular flexibility index (Phi) is 4.10. The monoisotopic (exact) mass is 339 g/mol. The maximum absolute atomic E-state index is 5.61. The smallest absolute Gasteiger partial charge is 0.229 e. The van der Waals surface area contributed by atoms with Gasteiger partial charge in [0.1, 0.15) is 5.75 Å². The topological polar surface area (TPSA) is 82.2 Å². The second-order valence-electron chi connectivity index (χ2n) is 6.17. The number of aromatic nitrogens is 4.